The van der Waals surface area contributed by atoms with Gasteiger partial charge in [-0.1, -0.05) is 43.7 Å². The molecule has 3 rings (SSSR count). The maximum atomic E-state index is 12.5. The highest BCUT2D eigenvalue weighted by Gasteiger charge is 2.28. The standard InChI is InChI=1S/C18H24N4O/c1-2-6-16(14-7-4-3-5-8-14)18(23)19-11-12-22-13-20-21-17(22)15-9-10-15/h3-5,7-8,13,15-16H,2,6,9-12H2,1H3,(H,19,23). The number of hydrogen-bond donors (Lipinski definition) is 1. The van der Waals surface area contributed by atoms with E-state index >= 15 is 0 Å². The molecule has 1 atom stereocenters. The van der Waals surface area contributed by atoms with Crippen molar-refractivity contribution in [3.63, 3.8) is 0 Å². The molecule has 1 aromatic carbocycles. The van der Waals surface area contributed by atoms with Crippen molar-refractivity contribution >= 4 is 5.91 Å². The van der Waals surface area contributed by atoms with Crippen molar-refractivity contribution in [2.45, 2.75) is 51.0 Å². The van der Waals surface area contributed by atoms with Crippen LogP contribution in [0.3, 0.4) is 0 Å². The first-order valence-electron chi connectivity index (χ1n) is 8.50. The van der Waals surface area contributed by atoms with Gasteiger partial charge in [0.25, 0.3) is 0 Å². The van der Waals surface area contributed by atoms with E-state index in [2.05, 4.69) is 27.0 Å². The fourth-order valence-corrected chi connectivity index (χ4v) is 2.94. The third-order valence-corrected chi connectivity index (χ3v) is 4.34. The van der Waals surface area contributed by atoms with Crippen LogP contribution >= 0.6 is 0 Å². The molecular weight excluding hydrogens is 288 g/mol. The quantitative estimate of drug-likeness (QED) is 0.815. The molecule has 1 saturated carbocycles. The number of nitrogens with one attached hydrogen (secondary N) is 1. The Morgan fingerprint density at radius 3 is 2.83 bits per heavy atom. The fourth-order valence-electron chi connectivity index (χ4n) is 2.94. The maximum Gasteiger partial charge on any atom is 0.227 e. The van der Waals surface area contributed by atoms with Gasteiger partial charge >= 0.3 is 0 Å². The molecule has 23 heavy (non-hydrogen) atoms. The smallest absolute Gasteiger partial charge is 0.227 e. The van der Waals surface area contributed by atoms with E-state index in [1.54, 1.807) is 6.33 Å². The Bertz CT molecular complexity index is 633. The summed E-state index contributed by atoms with van der Waals surface area (Å²) < 4.78 is 2.06. The summed E-state index contributed by atoms with van der Waals surface area (Å²) in [4.78, 5) is 12.5. The molecule has 1 unspecified atom stereocenters. The van der Waals surface area contributed by atoms with Crippen molar-refractivity contribution < 1.29 is 4.79 Å². The van der Waals surface area contributed by atoms with E-state index in [0.29, 0.717) is 12.5 Å². The number of carbonyl (C=O) groups excluding carboxylic acids is 1. The molecule has 122 valence electrons. The zero-order valence-corrected chi connectivity index (χ0v) is 13.6. The fraction of sp³-hybridized carbons (Fsp3) is 0.500. The molecule has 1 heterocycles. The second-order valence-electron chi connectivity index (χ2n) is 6.20. The zero-order valence-electron chi connectivity index (χ0n) is 13.6. The molecule has 1 amide bonds. The van der Waals surface area contributed by atoms with Gasteiger partial charge in [-0.2, -0.15) is 0 Å². The minimum atomic E-state index is -0.0648. The predicted molar refractivity (Wildman–Crippen MR) is 89.1 cm³/mol. The molecule has 0 radical (unpaired) electrons. The summed E-state index contributed by atoms with van der Waals surface area (Å²) in [6.07, 6.45) is 6.04. The molecule has 5 heteroatoms. The van der Waals surface area contributed by atoms with Crippen LogP contribution in [0.5, 0.6) is 0 Å². The average molecular weight is 312 g/mol. The van der Waals surface area contributed by atoms with E-state index in [9.17, 15) is 4.79 Å². The van der Waals surface area contributed by atoms with Crippen LogP contribution in [0.25, 0.3) is 0 Å². The molecule has 1 fully saturated rings. The Labute approximate surface area is 137 Å². The van der Waals surface area contributed by atoms with Crippen molar-refractivity contribution in [1.29, 1.82) is 0 Å². The van der Waals surface area contributed by atoms with Gasteiger partial charge in [0.2, 0.25) is 5.91 Å². The largest absolute Gasteiger partial charge is 0.354 e. The first-order valence-corrected chi connectivity index (χ1v) is 8.50. The van der Waals surface area contributed by atoms with Crippen molar-refractivity contribution in [1.82, 2.24) is 20.1 Å². The Kier molecular flexibility index (Phi) is 5.05. The van der Waals surface area contributed by atoms with Gasteiger partial charge in [-0.15, -0.1) is 10.2 Å². The lowest BCUT2D eigenvalue weighted by Crippen LogP contribution is -2.32. The first kappa shape index (κ1) is 15.7. The number of benzene rings is 1. The summed E-state index contributed by atoms with van der Waals surface area (Å²) in [7, 11) is 0. The molecule has 0 bridgehead atoms. The molecule has 1 aliphatic rings. The van der Waals surface area contributed by atoms with Gasteiger partial charge in [-0.05, 0) is 24.8 Å². The number of hydrogen-bond acceptors (Lipinski definition) is 3. The number of amides is 1. The molecule has 1 N–H and O–H groups in total. The van der Waals surface area contributed by atoms with E-state index in [-0.39, 0.29) is 11.8 Å². The Morgan fingerprint density at radius 2 is 2.13 bits per heavy atom. The molecule has 0 spiro atoms. The van der Waals surface area contributed by atoms with Crippen molar-refractivity contribution in [3.8, 4) is 0 Å². The summed E-state index contributed by atoms with van der Waals surface area (Å²) in [6, 6.07) is 10.0. The van der Waals surface area contributed by atoms with Gasteiger partial charge in [0.15, 0.2) is 0 Å². The van der Waals surface area contributed by atoms with Crippen molar-refractivity contribution in [3.05, 3.63) is 48.0 Å². The highest BCUT2D eigenvalue weighted by Crippen LogP contribution is 2.38. The second-order valence-corrected chi connectivity index (χ2v) is 6.20. The van der Waals surface area contributed by atoms with E-state index in [1.807, 2.05) is 30.3 Å². The molecule has 1 aromatic heterocycles. The summed E-state index contributed by atoms with van der Waals surface area (Å²) in [5.41, 5.74) is 1.09. The van der Waals surface area contributed by atoms with Gasteiger partial charge < -0.3 is 9.88 Å². The number of aromatic nitrogens is 3. The van der Waals surface area contributed by atoms with E-state index in [1.165, 1.54) is 12.8 Å². The highest BCUT2D eigenvalue weighted by molar-refractivity contribution is 5.83. The molecule has 5 nitrogen and oxygen atoms in total. The third kappa shape index (κ3) is 3.97. The molecule has 2 aromatic rings. The predicted octanol–water partition coefficient (Wildman–Crippen LogP) is 2.86. The van der Waals surface area contributed by atoms with E-state index < -0.39 is 0 Å². The average Bonchev–Trinajstić information content (AvgIpc) is 3.32. The van der Waals surface area contributed by atoms with Crippen LogP contribution in [-0.2, 0) is 11.3 Å². The van der Waals surface area contributed by atoms with Crippen molar-refractivity contribution in [2.75, 3.05) is 6.54 Å². The summed E-state index contributed by atoms with van der Waals surface area (Å²) in [5, 5.41) is 11.3. The van der Waals surface area contributed by atoms with Gasteiger partial charge in [-0.25, -0.2) is 0 Å². The molecule has 1 aliphatic carbocycles. The highest BCUT2D eigenvalue weighted by atomic mass is 16.1. The number of rotatable bonds is 8. The monoisotopic (exact) mass is 312 g/mol. The Balaban J connectivity index is 1.55. The van der Waals surface area contributed by atoms with E-state index in [0.717, 1.165) is 30.8 Å². The van der Waals surface area contributed by atoms with Gasteiger partial charge in [0.1, 0.15) is 12.2 Å². The van der Waals surface area contributed by atoms with Gasteiger partial charge in [0.05, 0.1) is 5.92 Å². The molecule has 0 saturated heterocycles. The molecular formula is C18H24N4O. The van der Waals surface area contributed by atoms with Crippen LogP contribution in [0.15, 0.2) is 36.7 Å². The Morgan fingerprint density at radius 1 is 1.35 bits per heavy atom. The SMILES string of the molecule is CCCC(C(=O)NCCn1cnnc1C1CC1)c1ccccc1. The van der Waals surface area contributed by atoms with Crippen LogP contribution in [-0.4, -0.2) is 27.2 Å². The lowest BCUT2D eigenvalue weighted by atomic mass is 9.94. The van der Waals surface area contributed by atoms with E-state index in [4.69, 9.17) is 0 Å². The lowest BCUT2D eigenvalue weighted by molar-refractivity contribution is -0.122. The third-order valence-electron chi connectivity index (χ3n) is 4.34. The zero-order chi connectivity index (χ0) is 16.1. The normalized spacial score (nSPS) is 15.3. The van der Waals surface area contributed by atoms with Crippen LogP contribution in [0.4, 0.5) is 0 Å². The van der Waals surface area contributed by atoms with Gasteiger partial charge in [-0.3, -0.25) is 4.79 Å². The summed E-state index contributed by atoms with van der Waals surface area (Å²) in [6.45, 7) is 3.46. The molecule has 0 aliphatic heterocycles. The lowest BCUT2D eigenvalue weighted by Gasteiger charge is -2.17. The number of nitrogens with zero attached hydrogens (tertiary/aromatic N) is 3. The minimum Gasteiger partial charge on any atom is -0.354 e. The van der Waals surface area contributed by atoms with Gasteiger partial charge in [0, 0.05) is 19.0 Å². The summed E-state index contributed by atoms with van der Waals surface area (Å²) in [5.74, 6) is 1.68. The van der Waals surface area contributed by atoms with Crippen LogP contribution in [0.1, 0.15) is 55.8 Å². The van der Waals surface area contributed by atoms with Crippen LogP contribution in [0.2, 0.25) is 0 Å². The summed E-state index contributed by atoms with van der Waals surface area (Å²) >= 11 is 0. The van der Waals surface area contributed by atoms with Crippen LogP contribution in [0, 0.1) is 0 Å². The van der Waals surface area contributed by atoms with Crippen molar-refractivity contribution in [2.24, 2.45) is 0 Å². The topological polar surface area (TPSA) is 59.8 Å². The second kappa shape index (κ2) is 7.40. The Hall–Kier alpha value is -2.17. The maximum absolute atomic E-state index is 12.5. The number of carbonyl (C=O) groups is 1. The first-order chi connectivity index (χ1) is 11.3. The minimum absolute atomic E-state index is 0.0648. The van der Waals surface area contributed by atoms with Crippen LogP contribution < -0.4 is 5.32 Å².